The zero-order valence-corrected chi connectivity index (χ0v) is 10.1. The first kappa shape index (κ1) is 11.4. The van der Waals surface area contributed by atoms with E-state index in [1.54, 1.807) is 0 Å². The van der Waals surface area contributed by atoms with Gasteiger partial charge in [0, 0.05) is 25.2 Å². The average molecular weight is 212 g/mol. The number of ether oxygens (including phenoxy) is 1. The molecule has 1 N–H and O–H groups in total. The highest BCUT2D eigenvalue weighted by molar-refractivity contribution is 4.88. The summed E-state index contributed by atoms with van der Waals surface area (Å²) in [5.41, 5.74) is 0.419. The van der Waals surface area contributed by atoms with Crippen molar-refractivity contribution in [1.29, 1.82) is 0 Å². The number of rotatable bonds is 3. The Labute approximate surface area is 93.2 Å². The van der Waals surface area contributed by atoms with Crippen molar-refractivity contribution in [2.75, 3.05) is 32.8 Å². The molecule has 0 radical (unpaired) electrons. The van der Waals surface area contributed by atoms with Crippen LogP contribution in [0.2, 0.25) is 0 Å². The van der Waals surface area contributed by atoms with E-state index in [1.165, 1.54) is 32.4 Å². The number of morpholine rings is 1. The Kier molecular flexibility index (Phi) is 3.65. The maximum absolute atomic E-state index is 5.72. The van der Waals surface area contributed by atoms with E-state index >= 15 is 0 Å². The molecular formula is C12H24N2O. The van der Waals surface area contributed by atoms with Crippen LogP contribution in [0.15, 0.2) is 0 Å². The second-order valence-electron chi connectivity index (χ2n) is 5.39. The molecule has 2 saturated heterocycles. The van der Waals surface area contributed by atoms with Crippen molar-refractivity contribution in [1.82, 2.24) is 10.2 Å². The lowest BCUT2D eigenvalue weighted by Gasteiger charge is -2.33. The fourth-order valence-electron chi connectivity index (χ4n) is 2.68. The number of nitrogens with one attached hydrogen (secondary N) is 1. The molecule has 0 aromatic carbocycles. The molecule has 2 aliphatic rings. The molecule has 2 rings (SSSR count). The monoisotopic (exact) mass is 212 g/mol. The molecule has 0 spiro atoms. The van der Waals surface area contributed by atoms with Gasteiger partial charge in [0.2, 0.25) is 0 Å². The Bertz CT molecular complexity index is 200. The zero-order valence-electron chi connectivity index (χ0n) is 10.1. The third-order valence-electron chi connectivity index (χ3n) is 3.80. The second-order valence-corrected chi connectivity index (χ2v) is 5.39. The van der Waals surface area contributed by atoms with E-state index in [0.717, 1.165) is 19.7 Å². The standard InChI is InChI=1S/C12H24N2O/c1-12(2)5-3-7-14(12)8-4-11-10-13-6-9-15-11/h11,13H,3-10H2,1-2H3. The minimum Gasteiger partial charge on any atom is -0.376 e. The zero-order chi connectivity index (χ0) is 10.7. The molecule has 2 heterocycles. The van der Waals surface area contributed by atoms with Crippen LogP contribution in [0.3, 0.4) is 0 Å². The first-order valence-electron chi connectivity index (χ1n) is 6.26. The van der Waals surface area contributed by atoms with Gasteiger partial charge < -0.3 is 10.1 Å². The van der Waals surface area contributed by atoms with Gasteiger partial charge in [-0.25, -0.2) is 0 Å². The molecule has 0 bridgehead atoms. The number of nitrogens with zero attached hydrogens (tertiary/aromatic N) is 1. The summed E-state index contributed by atoms with van der Waals surface area (Å²) >= 11 is 0. The van der Waals surface area contributed by atoms with Crippen LogP contribution < -0.4 is 5.32 Å². The van der Waals surface area contributed by atoms with Crippen molar-refractivity contribution >= 4 is 0 Å². The van der Waals surface area contributed by atoms with E-state index in [1.807, 2.05) is 0 Å². The first-order valence-corrected chi connectivity index (χ1v) is 6.26. The number of hydrogen-bond acceptors (Lipinski definition) is 3. The van der Waals surface area contributed by atoms with Gasteiger partial charge in [0.1, 0.15) is 0 Å². The predicted molar refractivity (Wildman–Crippen MR) is 62.1 cm³/mol. The Hall–Kier alpha value is -0.120. The fraction of sp³-hybridized carbons (Fsp3) is 1.00. The minimum absolute atomic E-state index is 0.419. The van der Waals surface area contributed by atoms with Crippen molar-refractivity contribution in [3.8, 4) is 0 Å². The van der Waals surface area contributed by atoms with Gasteiger partial charge in [-0.05, 0) is 39.7 Å². The number of hydrogen-bond donors (Lipinski definition) is 1. The summed E-state index contributed by atoms with van der Waals surface area (Å²) in [5, 5.41) is 3.39. The van der Waals surface area contributed by atoms with Gasteiger partial charge in [-0.15, -0.1) is 0 Å². The molecule has 0 aromatic heterocycles. The van der Waals surface area contributed by atoms with Gasteiger partial charge in [0.05, 0.1) is 12.7 Å². The van der Waals surface area contributed by atoms with Gasteiger partial charge >= 0.3 is 0 Å². The predicted octanol–water partition coefficient (Wildman–Crippen LogP) is 1.24. The van der Waals surface area contributed by atoms with Crippen LogP contribution in [0.4, 0.5) is 0 Å². The van der Waals surface area contributed by atoms with E-state index in [4.69, 9.17) is 4.74 Å². The summed E-state index contributed by atoms with van der Waals surface area (Å²) in [6, 6.07) is 0. The summed E-state index contributed by atoms with van der Waals surface area (Å²) in [6.07, 6.45) is 4.32. The third kappa shape index (κ3) is 2.92. The lowest BCUT2D eigenvalue weighted by atomic mass is 10.0. The van der Waals surface area contributed by atoms with Crippen LogP contribution in [0.5, 0.6) is 0 Å². The highest BCUT2D eigenvalue weighted by Gasteiger charge is 2.31. The molecule has 15 heavy (non-hydrogen) atoms. The lowest BCUT2D eigenvalue weighted by Crippen LogP contribution is -2.43. The van der Waals surface area contributed by atoms with Crippen molar-refractivity contribution in [3.63, 3.8) is 0 Å². The number of likely N-dealkylation sites (tertiary alicyclic amines) is 1. The van der Waals surface area contributed by atoms with Crippen LogP contribution in [0.25, 0.3) is 0 Å². The van der Waals surface area contributed by atoms with Gasteiger partial charge in [-0.2, -0.15) is 0 Å². The first-order chi connectivity index (χ1) is 7.18. The van der Waals surface area contributed by atoms with Crippen molar-refractivity contribution in [2.45, 2.75) is 44.8 Å². The van der Waals surface area contributed by atoms with Crippen molar-refractivity contribution in [2.24, 2.45) is 0 Å². The summed E-state index contributed by atoms with van der Waals surface area (Å²) in [7, 11) is 0. The molecule has 0 amide bonds. The van der Waals surface area contributed by atoms with Crippen LogP contribution in [0.1, 0.15) is 33.1 Å². The topological polar surface area (TPSA) is 24.5 Å². The van der Waals surface area contributed by atoms with E-state index in [2.05, 4.69) is 24.1 Å². The summed E-state index contributed by atoms with van der Waals surface area (Å²) in [5.74, 6) is 0. The SMILES string of the molecule is CC1(C)CCCN1CCC1CNCCO1. The molecule has 0 aromatic rings. The molecule has 0 saturated carbocycles. The molecular weight excluding hydrogens is 188 g/mol. The van der Waals surface area contributed by atoms with Crippen LogP contribution in [0, 0.1) is 0 Å². The smallest absolute Gasteiger partial charge is 0.0712 e. The summed E-state index contributed by atoms with van der Waals surface area (Å²) in [6.45, 7) is 10.1. The van der Waals surface area contributed by atoms with Gasteiger partial charge in [0.25, 0.3) is 0 Å². The molecule has 0 aliphatic carbocycles. The normalized spacial score (nSPS) is 32.0. The Morgan fingerprint density at radius 1 is 1.47 bits per heavy atom. The molecule has 88 valence electrons. The van der Waals surface area contributed by atoms with Crippen LogP contribution >= 0.6 is 0 Å². The molecule has 2 fully saturated rings. The van der Waals surface area contributed by atoms with E-state index in [9.17, 15) is 0 Å². The van der Waals surface area contributed by atoms with Crippen molar-refractivity contribution in [3.05, 3.63) is 0 Å². The van der Waals surface area contributed by atoms with Gasteiger partial charge in [-0.3, -0.25) is 4.90 Å². The third-order valence-corrected chi connectivity index (χ3v) is 3.80. The largest absolute Gasteiger partial charge is 0.376 e. The summed E-state index contributed by atoms with van der Waals surface area (Å²) < 4.78 is 5.72. The molecule has 1 unspecified atom stereocenters. The summed E-state index contributed by atoms with van der Waals surface area (Å²) in [4.78, 5) is 2.62. The van der Waals surface area contributed by atoms with E-state index < -0.39 is 0 Å². The Morgan fingerprint density at radius 2 is 2.33 bits per heavy atom. The average Bonchev–Trinajstić information content (AvgIpc) is 2.56. The molecule has 2 aliphatic heterocycles. The molecule has 3 heteroatoms. The van der Waals surface area contributed by atoms with Crippen molar-refractivity contribution < 1.29 is 4.74 Å². The van der Waals surface area contributed by atoms with Crippen LogP contribution in [-0.2, 0) is 4.74 Å². The molecule has 1 atom stereocenters. The fourth-order valence-corrected chi connectivity index (χ4v) is 2.68. The highest BCUT2D eigenvalue weighted by Crippen LogP contribution is 2.28. The minimum atomic E-state index is 0.419. The van der Waals surface area contributed by atoms with E-state index in [0.29, 0.717) is 11.6 Å². The Balaban J connectivity index is 1.72. The quantitative estimate of drug-likeness (QED) is 0.762. The van der Waals surface area contributed by atoms with E-state index in [-0.39, 0.29) is 0 Å². The highest BCUT2D eigenvalue weighted by atomic mass is 16.5. The molecule has 3 nitrogen and oxygen atoms in total. The van der Waals surface area contributed by atoms with Gasteiger partial charge in [-0.1, -0.05) is 0 Å². The maximum atomic E-state index is 5.72. The Morgan fingerprint density at radius 3 is 2.93 bits per heavy atom. The lowest BCUT2D eigenvalue weighted by molar-refractivity contribution is 0.0133. The maximum Gasteiger partial charge on any atom is 0.0712 e. The van der Waals surface area contributed by atoms with Gasteiger partial charge in [0.15, 0.2) is 0 Å². The second kappa shape index (κ2) is 4.81. The van der Waals surface area contributed by atoms with Crippen LogP contribution in [-0.4, -0.2) is 49.3 Å².